The van der Waals surface area contributed by atoms with Crippen LogP contribution >= 0.6 is 0 Å². The van der Waals surface area contributed by atoms with E-state index < -0.39 is 30.1 Å². The quantitative estimate of drug-likeness (QED) is 0.401. The normalized spacial score (nSPS) is 12.6. The number of pyridine rings is 1. The second-order valence-electron chi connectivity index (χ2n) is 6.52. The number of aromatic nitrogens is 1. The van der Waals surface area contributed by atoms with Gasteiger partial charge in [0.15, 0.2) is 0 Å². The van der Waals surface area contributed by atoms with Gasteiger partial charge in [0.2, 0.25) is 0 Å². The first-order chi connectivity index (χ1) is 10.9. The van der Waals surface area contributed by atoms with E-state index in [0.717, 1.165) is 29.2 Å². The third-order valence-corrected chi connectivity index (χ3v) is 19.8. The fraction of sp³-hybridized carbons (Fsp3) is 0.722. The number of halogens is 3. The molecule has 0 fully saturated rings. The van der Waals surface area contributed by atoms with Crippen LogP contribution in [0, 0.1) is 0 Å². The van der Waals surface area contributed by atoms with Crippen LogP contribution in [-0.4, -0.2) is 23.4 Å². The number of rotatable bonds is 10. The fourth-order valence-corrected chi connectivity index (χ4v) is 18.5. The van der Waals surface area contributed by atoms with Crippen LogP contribution in [0.4, 0.5) is 13.2 Å². The van der Waals surface area contributed by atoms with Crippen LogP contribution in [0.5, 0.6) is 0 Å². The predicted molar refractivity (Wildman–Crippen MR) is 93.8 cm³/mol. The molecule has 1 heterocycles. The Labute approximate surface area is 143 Å². The molecule has 0 aromatic carbocycles. The van der Waals surface area contributed by atoms with Gasteiger partial charge in [0.1, 0.15) is 0 Å². The molecule has 132 valence electrons. The Morgan fingerprint density at radius 2 is 1.35 bits per heavy atom. The average molecular weight is 436 g/mol. The van der Waals surface area contributed by atoms with E-state index in [0.29, 0.717) is 0 Å². The molecule has 0 atom stereocenters. The van der Waals surface area contributed by atoms with Crippen LogP contribution in [0.15, 0.2) is 18.3 Å². The van der Waals surface area contributed by atoms with E-state index in [4.69, 9.17) is 0 Å². The van der Waals surface area contributed by atoms with Crippen molar-refractivity contribution in [3.05, 3.63) is 23.9 Å². The molecule has 0 amide bonds. The third kappa shape index (κ3) is 6.28. The molecule has 0 N–H and O–H groups in total. The predicted octanol–water partition coefficient (Wildman–Crippen LogP) is 6.16. The van der Waals surface area contributed by atoms with Crippen LogP contribution in [-0.2, 0) is 6.18 Å². The Morgan fingerprint density at radius 1 is 0.870 bits per heavy atom. The number of alkyl halides is 3. The zero-order valence-electron chi connectivity index (χ0n) is 14.7. The van der Waals surface area contributed by atoms with E-state index in [-0.39, 0.29) is 0 Å². The van der Waals surface area contributed by atoms with Crippen molar-refractivity contribution in [2.24, 2.45) is 0 Å². The molecule has 1 rings (SSSR count). The molecule has 0 unspecified atom stereocenters. The molecule has 1 aromatic rings. The summed E-state index contributed by atoms with van der Waals surface area (Å²) in [6.45, 7) is 6.57. The number of hydrogen-bond acceptors (Lipinski definition) is 1. The average Bonchev–Trinajstić information content (AvgIpc) is 2.54. The SMILES string of the molecule is CCC[CH2][Sn]([CH2]CCC)([CH2]CCC)[c]1ccc(C(F)(F)F)cn1. The molecule has 0 radical (unpaired) electrons. The summed E-state index contributed by atoms with van der Waals surface area (Å²) < 4.78 is 43.1. The molecule has 0 aliphatic carbocycles. The van der Waals surface area contributed by atoms with Crippen molar-refractivity contribution in [1.82, 2.24) is 4.98 Å². The van der Waals surface area contributed by atoms with E-state index in [1.807, 2.05) is 0 Å². The second-order valence-corrected chi connectivity index (χ2v) is 19.6. The molecule has 1 aromatic heterocycles. The molecular weight excluding hydrogens is 406 g/mol. The van der Waals surface area contributed by atoms with Crippen LogP contribution in [0.2, 0.25) is 13.3 Å². The van der Waals surface area contributed by atoms with Gasteiger partial charge in [-0.25, -0.2) is 0 Å². The molecule has 0 saturated carbocycles. The second kappa shape index (κ2) is 9.90. The standard InChI is InChI=1S/C6H3F3N.3C4H9.Sn/c7-6(8,9)5-2-1-3-10-4-5;3*1-3-4-2;/h1-2,4H;3*1,3-4H2,2H3;. The summed E-state index contributed by atoms with van der Waals surface area (Å²) in [4.78, 5) is 4.35. The summed E-state index contributed by atoms with van der Waals surface area (Å²) in [7, 11) is 0. The van der Waals surface area contributed by atoms with E-state index in [1.54, 1.807) is 6.07 Å². The van der Waals surface area contributed by atoms with Crippen molar-refractivity contribution >= 4 is 22.1 Å². The molecule has 5 heteroatoms. The number of unbranched alkanes of at least 4 members (excludes halogenated alkanes) is 3. The van der Waals surface area contributed by atoms with Gasteiger partial charge in [-0.15, -0.1) is 0 Å². The molecule has 0 spiro atoms. The molecule has 0 saturated heterocycles. The molecule has 0 aliphatic rings. The molecular formula is C18H30F3NSn. The van der Waals surface area contributed by atoms with Crippen molar-refractivity contribution < 1.29 is 13.2 Å². The Bertz CT molecular complexity index is 421. The Hall–Kier alpha value is -0.261. The van der Waals surface area contributed by atoms with Gasteiger partial charge in [0.05, 0.1) is 0 Å². The van der Waals surface area contributed by atoms with E-state index in [2.05, 4.69) is 25.8 Å². The third-order valence-electron chi connectivity index (χ3n) is 4.66. The number of hydrogen-bond donors (Lipinski definition) is 0. The summed E-state index contributed by atoms with van der Waals surface area (Å²) in [5.41, 5.74) is -0.622. The van der Waals surface area contributed by atoms with Crippen LogP contribution in [0.3, 0.4) is 0 Å². The Balaban J connectivity index is 3.12. The van der Waals surface area contributed by atoms with Crippen LogP contribution in [0.25, 0.3) is 0 Å². The van der Waals surface area contributed by atoms with E-state index in [1.165, 1.54) is 38.6 Å². The molecule has 1 nitrogen and oxygen atoms in total. The monoisotopic (exact) mass is 437 g/mol. The maximum absolute atomic E-state index is 12.8. The summed E-state index contributed by atoms with van der Waals surface area (Å²) in [6, 6.07) is 2.96. The van der Waals surface area contributed by atoms with E-state index in [9.17, 15) is 13.2 Å². The summed E-state index contributed by atoms with van der Waals surface area (Å²) in [5, 5.41) is 0. The van der Waals surface area contributed by atoms with Gasteiger partial charge < -0.3 is 0 Å². The first kappa shape index (κ1) is 20.8. The zero-order chi connectivity index (χ0) is 17.3. The minimum atomic E-state index is -4.29. The van der Waals surface area contributed by atoms with Crippen molar-refractivity contribution in [3.63, 3.8) is 0 Å². The number of nitrogens with zero attached hydrogens (tertiary/aromatic N) is 1. The van der Waals surface area contributed by atoms with Gasteiger partial charge in [-0.1, -0.05) is 0 Å². The van der Waals surface area contributed by atoms with Gasteiger partial charge >= 0.3 is 143 Å². The van der Waals surface area contributed by atoms with Gasteiger partial charge in [0, 0.05) is 0 Å². The van der Waals surface area contributed by atoms with Crippen LogP contribution < -0.4 is 3.71 Å². The zero-order valence-corrected chi connectivity index (χ0v) is 17.5. The van der Waals surface area contributed by atoms with E-state index >= 15 is 0 Å². The van der Waals surface area contributed by atoms with Gasteiger partial charge in [-0.05, 0) is 0 Å². The van der Waals surface area contributed by atoms with Gasteiger partial charge in [0.25, 0.3) is 0 Å². The summed E-state index contributed by atoms with van der Waals surface area (Å²) >= 11 is -2.68. The summed E-state index contributed by atoms with van der Waals surface area (Å²) in [5.74, 6) is 0. The topological polar surface area (TPSA) is 12.9 Å². The minimum absolute atomic E-state index is 0.622. The first-order valence-corrected chi connectivity index (χ1v) is 16.4. The maximum atomic E-state index is 12.8. The summed E-state index contributed by atoms with van der Waals surface area (Å²) in [6.07, 6.45) is 3.78. The van der Waals surface area contributed by atoms with Crippen molar-refractivity contribution in [2.75, 3.05) is 0 Å². The van der Waals surface area contributed by atoms with Crippen LogP contribution in [0.1, 0.15) is 64.9 Å². The van der Waals surface area contributed by atoms with Crippen molar-refractivity contribution in [2.45, 2.75) is 78.8 Å². The van der Waals surface area contributed by atoms with Gasteiger partial charge in [-0.3, -0.25) is 0 Å². The molecule has 0 bridgehead atoms. The fourth-order valence-electron chi connectivity index (χ4n) is 3.18. The molecule has 0 aliphatic heterocycles. The van der Waals surface area contributed by atoms with Crippen molar-refractivity contribution in [1.29, 1.82) is 0 Å². The molecule has 23 heavy (non-hydrogen) atoms. The van der Waals surface area contributed by atoms with Gasteiger partial charge in [-0.2, -0.15) is 0 Å². The van der Waals surface area contributed by atoms with Crippen molar-refractivity contribution in [3.8, 4) is 0 Å². The Morgan fingerprint density at radius 3 is 1.65 bits per heavy atom. The Kier molecular flexibility index (Phi) is 8.94. The first-order valence-electron chi connectivity index (χ1n) is 8.93.